The molecule has 0 spiro atoms. The largest absolute Gasteiger partial charge is 0.465 e. The predicted molar refractivity (Wildman–Crippen MR) is 52.9 cm³/mol. The smallest absolute Gasteiger partial charge is 0.337 e. The Kier molecular flexibility index (Phi) is 2.08. The van der Waals surface area contributed by atoms with E-state index >= 15 is 0 Å². The van der Waals surface area contributed by atoms with Gasteiger partial charge in [-0.15, -0.1) is 0 Å². The molecule has 14 heavy (non-hydrogen) atoms. The van der Waals surface area contributed by atoms with Gasteiger partial charge in [-0.25, -0.2) is 4.79 Å². The lowest BCUT2D eigenvalue weighted by Gasteiger charge is -2.00. The standard InChI is InChI=1S/C11H11NO2/c1-14-11(13)8-4-2-7(3-5-8)9-6-10(9)12/h2-5,9,12H,6H2,1H3/t9-/m1/s1. The summed E-state index contributed by atoms with van der Waals surface area (Å²) in [5, 5.41) is 7.39. The second-order valence-electron chi connectivity index (χ2n) is 3.40. The van der Waals surface area contributed by atoms with Crippen LogP contribution in [-0.2, 0) is 4.74 Å². The molecule has 1 saturated carbocycles. The number of nitrogens with one attached hydrogen (secondary N) is 1. The van der Waals surface area contributed by atoms with Crippen LogP contribution in [0.1, 0.15) is 28.3 Å². The Morgan fingerprint density at radius 3 is 2.43 bits per heavy atom. The monoisotopic (exact) mass is 189 g/mol. The van der Waals surface area contributed by atoms with E-state index < -0.39 is 0 Å². The van der Waals surface area contributed by atoms with Crippen LogP contribution in [0.3, 0.4) is 0 Å². The van der Waals surface area contributed by atoms with Crippen molar-refractivity contribution in [2.24, 2.45) is 0 Å². The zero-order valence-electron chi connectivity index (χ0n) is 7.91. The van der Waals surface area contributed by atoms with E-state index in [1.54, 1.807) is 12.1 Å². The Morgan fingerprint density at radius 2 is 2.00 bits per heavy atom. The summed E-state index contributed by atoms with van der Waals surface area (Å²) < 4.78 is 4.59. The summed E-state index contributed by atoms with van der Waals surface area (Å²) in [5.41, 5.74) is 2.45. The molecule has 1 N–H and O–H groups in total. The van der Waals surface area contributed by atoms with Crippen LogP contribution < -0.4 is 0 Å². The molecule has 0 amide bonds. The highest BCUT2D eigenvalue weighted by atomic mass is 16.5. The van der Waals surface area contributed by atoms with E-state index in [2.05, 4.69) is 4.74 Å². The minimum Gasteiger partial charge on any atom is -0.465 e. The van der Waals surface area contributed by atoms with Crippen LogP contribution in [0.4, 0.5) is 0 Å². The van der Waals surface area contributed by atoms with Crippen molar-refractivity contribution in [2.45, 2.75) is 12.3 Å². The van der Waals surface area contributed by atoms with Gasteiger partial charge in [0.15, 0.2) is 0 Å². The third-order valence-electron chi connectivity index (χ3n) is 2.42. The molecule has 1 aliphatic rings. The van der Waals surface area contributed by atoms with E-state index in [1.807, 2.05) is 12.1 Å². The van der Waals surface area contributed by atoms with Gasteiger partial charge in [0.2, 0.25) is 0 Å². The van der Waals surface area contributed by atoms with Crippen molar-refractivity contribution >= 4 is 11.7 Å². The van der Waals surface area contributed by atoms with Gasteiger partial charge in [-0.1, -0.05) is 12.1 Å². The van der Waals surface area contributed by atoms with E-state index in [0.717, 1.165) is 17.7 Å². The Morgan fingerprint density at radius 1 is 1.43 bits per heavy atom. The van der Waals surface area contributed by atoms with Crippen LogP contribution in [0.15, 0.2) is 24.3 Å². The van der Waals surface area contributed by atoms with E-state index in [0.29, 0.717) is 11.5 Å². The van der Waals surface area contributed by atoms with E-state index in [4.69, 9.17) is 5.41 Å². The third-order valence-corrected chi connectivity index (χ3v) is 2.42. The van der Waals surface area contributed by atoms with Crippen molar-refractivity contribution in [3.8, 4) is 0 Å². The van der Waals surface area contributed by atoms with Crippen LogP contribution in [-0.4, -0.2) is 18.8 Å². The zero-order valence-corrected chi connectivity index (χ0v) is 7.91. The average molecular weight is 189 g/mol. The van der Waals surface area contributed by atoms with Crippen LogP contribution in [0, 0.1) is 5.41 Å². The van der Waals surface area contributed by atoms with Crippen LogP contribution in [0.25, 0.3) is 0 Å². The Hall–Kier alpha value is -1.64. The van der Waals surface area contributed by atoms with Crippen molar-refractivity contribution < 1.29 is 9.53 Å². The molecule has 1 atom stereocenters. The number of carbonyl (C=O) groups excluding carboxylic acids is 1. The molecule has 0 unspecified atom stereocenters. The summed E-state index contributed by atoms with van der Waals surface area (Å²) in [6.45, 7) is 0. The molecular formula is C11H11NO2. The molecule has 1 aromatic carbocycles. The molecule has 2 rings (SSSR count). The highest BCUT2D eigenvalue weighted by molar-refractivity contribution is 6.03. The summed E-state index contributed by atoms with van der Waals surface area (Å²) in [6, 6.07) is 7.26. The molecule has 1 aromatic rings. The predicted octanol–water partition coefficient (Wildman–Crippen LogP) is 1.98. The molecular weight excluding hydrogens is 178 g/mol. The number of carbonyl (C=O) groups is 1. The first-order chi connectivity index (χ1) is 6.72. The third kappa shape index (κ3) is 1.53. The molecule has 3 heteroatoms. The quantitative estimate of drug-likeness (QED) is 0.723. The van der Waals surface area contributed by atoms with Gasteiger partial charge in [0.05, 0.1) is 12.7 Å². The minimum absolute atomic E-state index is 0.293. The van der Waals surface area contributed by atoms with Crippen molar-refractivity contribution in [1.82, 2.24) is 0 Å². The fourth-order valence-corrected chi connectivity index (χ4v) is 1.45. The Balaban J connectivity index is 2.18. The highest BCUT2D eigenvalue weighted by Gasteiger charge is 2.31. The molecule has 0 bridgehead atoms. The van der Waals surface area contributed by atoms with E-state index in [1.165, 1.54) is 7.11 Å². The number of benzene rings is 1. The van der Waals surface area contributed by atoms with Gasteiger partial charge in [-0.2, -0.15) is 0 Å². The van der Waals surface area contributed by atoms with Gasteiger partial charge in [-0.05, 0) is 24.1 Å². The Bertz CT molecular complexity index is 381. The average Bonchev–Trinajstić information content (AvgIpc) is 2.95. The van der Waals surface area contributed by atoms with Gasteiger partial charge in [-0.3, -0.25) is 0 Å². The molecule has 72 valence electrons. The number of hydrogen-bond donors (Lipinski definition) is 1. The molecule has 0 aromatic heterocycles. The summed E-state index contributed by atoms with van der Waals surface area (Å²) in [4.78, 5) is 11.1. The van der Waals surface area contributed by atoms with Crippen molar-refractivity contribution in [1.29, 1.82) is 5.41 Å². The fourth-order valence-electron chi connectivity index (χ4n) is 1.45. The molecule has 3 nitrogen and oxygen atoms in total. The van der Waals surface area contributed by atoms with E-state index in [9.17, 15) is 4.79 Å². The van der Waals surface area contributed by atoms with Crippen LogP contribution in [0.5, 0.6) is 0 Å². The van der Waals surface area contributed by atoms with Crippen molar-refractivity contribution in [2.75, 3.05) is 7.11 Å². The zero-order chi connectivity index (χ0) is 10.1. The lowest BCUT2D eigenvalue weighted by molar-refractivity contribution is 0.0600. The number of esters is 1. The van der Waals surface area contributed by atoms with Gasteiger partial charge in [0, 0.05) is 11.6 Å². The molecule has 1 aliphatic carbocycles. The molecule has 0 aliphatic heterocycles. The van der Waals surface area contributed by atoms with Gasteiger partial charge in [0.25, 0.3) is 0 Å². The maximum absolute atomic E-state index is 11.1. The molecule has 1 fully saturated rings. The highest BCUT2D eigenvalue weighted by Crippen LogP contribution is 2.35. The van der Waals surface area contributed by atoms with Crippen molar-refractivity contribution in [3.05, 3.63) is 35.4 Å². The number of methoxy groups -OCH3 is 1. The van der Waals surface area contributed by atoms with Crippen LogP contribution >= 0.6 is 0 Å². The summed E-state index contributed by atoms with van der Waals surface area (Å²) in [5.74, 6) is -0.0240. The Labute approximate surface area is 82.2 Å². The number of ether oxygens (including phenoxy) is 1. The minimum atomic E-state index is -0.317. The van der Waals surface area contributed by atoms with Gasteiger partial charge >= 0.3 is 5.97 Å². The summed E-state index contributed by atoms with van der Waals surface area (Å²) in [6.07, 6.45) is 0.859. The van der Waals surface area contributed by atoms with Crippen LogP contribution in [0.2, 0.25) is 0 Å². The normalized spacial score (nSPS) is 19.2. The van der Waals surface area contributed by atoms with E-state index in [-0.39, 0.29) is 5.97 Å². The molecule has 0 radical (unpaired) electrons. The second kappa shape index (κ2) is 3.25. The van der Waals surface area contributed by atoms with Gasteiger partial charge in [0.1, 0.15) is 0 Å². The SMILES string of the molecule is COC(=O)c1ccc([C@H]2CC2=N)cc1. The topological polar surface area (TPSA) is 50.2 Å². The lowest BCUT2D eigenvalue weighted by Crippen LogP contribution is -2.00. The first kappa shape index (κ1) is 8.94. The summed E-state index contributed by atoms with van der Waals surface area (Å²) >= 11 is 0. The molecule has 0 heterocycles. The second-order valence-corrected chi connectivity index (χ2v) is 3.40. The number of rotatable bonds is 2. The maximum atomic E-state index is 11.1. The maximum Gasteiger partial charge on any atom is 0.337 e. The fraction of sp³-hybridized carbons (Fsp3) is 0.273. The lowest BCUT2D eigenvalue weighted by atomic mass is 10.1. The van der Waals surface area contributed by atoms with Crippen molar-refractivity contribution in [3.63, 3.8) is 0 Å². The number of hydrogen-bond acceptors (Lipinski definition) is 3. The molecule has 0 saturated heterocycles. The summed E-state index contributed by atoms with van der Waals surface area (Å²) in [7, 11) is 1.37. The first-order valence-corrected chi connectivity index (χ1v) is 4.48. The van der Waals surface area contributed by atoms with Gasteiger partial charge < -0.3 is 10.1 Å². The first-order valence-electron chi connectivity index (χ1n) is 4.48.